The highest BCUT2D eigenvalue weighted by Crippen LogP contribution is 2.26. The molecule has 1 aliphatic heterocycles. The second-order valence-corrected chi connectivity index (χ2v) is 7.79. The minimum atomic E-state index is -0.676. The lowest BCUT2D eigenvalue weighted by molar-refractivity contribution is -0.125. The third-order valence-corrected chi connectivity index (χ3v) is 5.49. The monoisotopic (exact) mass is 419 g/mol. The van der Waals surface area contributed by atoms with Gasteiger partial charge in [0.25, 0.3) is 0 Å². The summed E-state index contributed by atoms with van der Waals surface area (Å²) in [6.45, 7) is 4.20. The molecule has 0 spiro atoms. The Hall–Kier alpha value is -3.65. The van der Waals surface area contributed by atoms with Gasteiger partial charge in [-0.2, -0.15) is 0 Å². The number of aryl methyl sites for hydroxylation is 1. The van der Waals surface area contributed by atoms with Gasteiger partial charge in [0.05, 0.1) is 12.2 Å². The van der Waals surface area contributed by atoms with Gasteiger partial charge < -0.3 is 25.7 Å². The molecule has 160 valence electrons. The Balaban J connectivity index is 1.47. The van der Waals surface area contributed by atoms with Gasteiger partial charge >= 0.3 is 0 Å². The maximum absolute atomic E-state index is 12.6. The maximum Gasteiger partial charge on any atom is 0.246 e. The van der Waals surface area contributed by atoms with Crippen molar-refractivity contribution in [1.82, 2.24) is 9.88 Å². The SMILES string of the molecule is Cc1c(CN(C)C(=O)/C=C/c2cnc3c(c2)N[C@H](C)[C@H](N)C(=O)N3)oc2ccccc12. The third kappa shape index (κ3) is 4.15. The number of carbonyl (C=O) groups is 2. The fourth-order valence-corrected chi connectivity index (χ4v) is 3.51. The molecule has 4 rings (SSSR count). The molecule has 0 saturated heterocycles. The van der Waals surface area contributed by atoms with Crippen molar-refractivity contribution in [2.45, 2.75) is 32.5 Å². The molecule has 0 bridgehead atoms. The van der Waals surface area contributed by atoms with Crippen LogP contribution in [0.15, 0.2) is 47.0 Å². The van der Waals surface area contributed by atoms with Crippen molar-refractivity contribution in [3.8, 4) is 0 Å². The van der Waals surface area contributed by atoms with E-state index >= 15 is 0 Å². The van der Waals surface area contributed by atoms with Crippen LogP contribution < -0.4 is 16.4 Å². The number of anilines is 2. The second kappa shape index (κ2) is 8.23. The smallest absolute Gasteiger partial charge is 0.246 e. The van der Waals surface area contributed by atoms with E-state index in [4.69, 9.17) is 10.2 Å². The Kier molecular flexibility index (Phi) is 5.48. The van der Waals surface area contributed by atoms with Crippen LogP contribution in [-0.2, 0) is 16.1 Å². The molecule has 0 saturated carbocycles. The van der Waals surface area contributed by atoms with Crippen LogP contribution in [0.1, 0.15) is 23.8 Å². The van der Waals surface area contributed by atoms with Crippen LogP contribution in [0.25, 0.3) is 17.0 Å². The molecule has 3 aromatic rings. The van der Waals surface area contributed by atoms with Crippen LogP contribution in [0, 0.1) is 6.92 Å². The molecule has 2 aromatic heterocycles. The number of furan rings is 1. The zero-order valence-electron chi connectivity index (χ0n) is 17.7. The maximum atomic E-state index is 12.6. The summed E-state index contributed by atoms with van der Waals surface area (Å²) in [6.07, 6.45) is 4.78. The number of para-hydroxylation sites is 1. The number of hydrogen-bond acceptors (Lipinski definition) is 6. The number of amides is 2. The highest BCUT2D eigenvalue weighted by molar-refractivity contribution is 5.99. The van der Waals surface area contributed by atoms with Crippen molar-refractivity contribution in [2.24, 2.45) is 5.73 Å². The Morgan fingerprint density at radius 1 is 1.35 bits per heavy atom. The number of pyridine rings is 1. The van der Waals surface area contributed by atoms with Crippen LogP contribution in [0.4, 0.5) is 11.5 Å². The minimum Gasteiger partial charge on any atom is -0.459 e. The van der Waals surface area contributed by atoms with Crippen LogP contribution in [0.5, 0.6) is 0 Å². The number of benzene rings is 1. The number of aromatic nitrogens is 1. The number of hydrogen-bond donors (Lipinski definition) is 3. The van der Waals surface area contributed by atoms with Crippen molar-refractivity contribution in [2.75, 3.05) is 17.7 Å². The first-order valence-electron chi connectivity index (χ1n) is 10.1. The molecule has 2 amide bonds. The van der Waals surface area contributed by atoms with E-state index in [0.717, 1.165) is 27.9 Å². The summed E-state index contributed by atoms with van der Waals surface area (Å²) >= 11 is 0. The molecule has 4 N–H and O–H groups in total. The topological polar surface area (TPSA) is 113 Å². The summed E-state index contributed by atoms with van der Waals surface area (Å²) in [5.74, 6) is 0.742. The summed E-state index contributed by atoms with van der Waals surface area (Å²) < 4.78 is 5.90. The average Bonchev–Trinajstić information content (AvgIpc) is 3.02. The molecule has 0 fully saturated rings. The third-order valence-electron chi connectivity index (χ3n) is 5.49. The number of rotatable bonds is 4. The van der Waals surface area contributed by atoms with Crippen molar-refractivity contribution in [1.29, 1.82) is 0 Å². The second-order valence-electron chi connectivity index (χ2n) is 7.79. The van der Waals surface area contributed by atoms with Gasteiger partial charge in [-0.05, 0) is 37.6 Å². The normalized spacial score (nSPS) is 18.4. The summed E-state index contributed by atoms with van der Waals surface area (Å²) in [6, 6.07) is 8.72. The lowest BCUT2D eigenvalue weighted by Crippen LogP contribution is -2.45. The van der Waals surface area contributed by atoms with Crippen molar-refractivity contribution >= 4 is 40.4 Å². The van der Waals surface area contributed by atoms with Gasteiger partial charge in [0.15, 0.2) is 5.82 Å². The molecule has 2 atom stereocenters. The zero-order valence-corrected chi connectivity index (χ0v) is 17.7. The van der Waals surface area contributed by atoms with Crippen molar-refractivity contribution in [3.05, 3.63) is 59.5 Å². The van der Waals surface area contributed by atoms with Crippen molar-refractivity contribution in [3.63, 3.8) is 0 Å². The first-order valence-corrected chi connectivity index (χ1v) is 10.1. The molecule has 1 aromatic carbocycles. The van der Waals surface area contributed by atoms with E-state index in [1.165, 1.54) is 6.08 Å². The number of nitrogens with zero attached hydrogens (tertiary/aromatic N) is 2. The number of nitrogens with one attached hydrogen (secondary N) is 2. The molecule has 0 aliphatic carbocycles. The molecule has 0 radical (unpaired) electrons. The Morgan fingerprint density at radius 3 is 2.90 bits per heavy atom. The predicted molar refractivity (Wildman–Crippen MR) is 120 cm³/mol. The minimum absolute atomic E-state index is 0.161. The van der Waals surface area contributed by atoms with Gasteiger partial charge in [0.2, 0.25) is 11.8 Å². The number of nitrogens with two attached hydrogens (primary N) is 1. The first-order chi connectivity index (χ1) is 14.8. The van der Waals surface area contributed by atoms with E-state index in [-0.39, 0.29) is 17.9 Å². The van der Waals surface area contributed by atoms with Crippen LogP contribution in [0.2, 0.25) is 0 Å². The fourth-order valence-electron chi connectivity index (χ4n) is 3.51. The summed E-state index contributed by atoms with van der Waals surface area (Å²) in [5.41, 5.74) is 9.14. The van der Waals surface area contributed by atoms with Crippen LogP contribution in [-0.4, -0.2) is 40.8 Å². The highest BCUT2D eigenvalue weighted by atomic mass is 16.3. The predicted octanol–water partition coefficient (Wildman–Crippen LogP) is 2.89. The Labute approximate surface area is 180 Å². The molecule has 1 aliphatic rings. The lowest BCUT2D eigenvalue weighted by atomic mass is 10.1. The lowest BCUT2D eigenvalue weighted by Gasteiger charge is -2.16. The van der Waals surface area contributed by atoms with Gasteiger partial charge in [-0.3, -0.25) is 9.59 Å². The van der Waals surface area contributed by atoms with Gasteiger partial charge in [-0.25, -0.2) is 4.98 Å². The molecule has 8 nitrogen and oxygen atoms in total. The van der Waals surface area contributed by atoms with Crippen LogP contribution >= 0.6 is 0 Å². The molecule has 0 unspecified atom stereocenters. The van der Waals surface area contributed by atoms with Crippen molar-refractivity contribution < 1.29 is 14.0 Å². The van der Waals surface area contributed by atoms with E-state index in [1.54, 1.807) is 24.2 Å². The molecule has 31 heavy (non-hydrogen) atoms. The first kappa shape index (κ1) is 20.6. The van der Waals surface area contributed by atoms with Gasteiger partial charge in [0.1, 0.15) is 17.4 Å². The quantitative estimate of drug-likeness (QED) is 0.561. The molecular formula is C23H25N5O3. The molecule has 3 heterocycles. The fraction of sp³-hybridized carbons (Fsp3) is 0.261. The van der Waals surface area contributed by atoms with E-state index in [2.05, 4.69) is 15.6 Å². The Bertz CT molecular complexity index is 1180. The highest BCUT2D eigenvalue weighted by Gasteiger charge is 2.26. The number of carbonyl (C=O) groups excluding carboxylic acids is 2. The summed E-state index contributed by atoms with van der Waals surface area (Å²) in [4.78, 5) is 30.5. The molecular weight excluding hydrogens is 394 g/mol. The molecule has 8 heteroatoms. The standard InChI is InChI=1S/C23H25N5O3/c1-13-16-6-4-5-7-18(16)31-19(13)12-28(3)20(29)9-8-15-10-17-22(25-11-15)27-23(30)21(24)14(2)26-17/h4-11,14,21,26H,12,24H2,1-3H3,(H,25,27,30)/b9-8+/t14-,21+/m1/s1. The zero-order chi connectivity index (χ0) is 22.1. The van der Waals surface area contributed by atoms with E-state index in [9.17, 15) is 9.59 Å². The van der Waals surface area contributed by atoms with Crippen LogP contribution in [0.3, 0.4) is 0 Å². The van der Waals surface area contributed by atoms with Gasteiger partial charge in [0, 0.05) is 36.3 Å². The summed E-state index contributed by atoms with van der Waals surface area (Å²) in [5, 5.41) is 6.96. The van der Waals surface area contributed by atoms with E-state index < -0.39 is 6.04 Å². The van der Waals surface area contributed by atoms with E-state index in [1.807, 2.05) is 44.2 Å². The number of likely N-dealkylation sites (N-methyl/N-ethyl adjacent to an activating group) is 1. The number of fused-ring (bicyclic) bond motifs is 2. The average molecular weight is 419 g/mol. The summed E-state index contributed by atoms with van der Waals surface area (Å²) in [7, 11) is 1.73. The Morgan fingerprint density at radius 2 is 2.13 bits per heavy atom. The van der Waals surface area contributed by atoms with Gasteiger partial charge in [-0.15, -0.1) is 0 Å². The largest absolute Gasteiger partial charge is 0.459 e. The van der Waals surface area contributed by atoms with E-state index in [0.29, 0.717) is 18.1 Å². The van der Waals surface area contributed by atoms with Gasteiger partial charge in [-0.1, -0.05) is 18.2 Å².